The lowest BCUT2D eigenvalue weighted by Gasteiger charge is -2.15. The standard InChI is InChI=1S/C18H19NO7/c1-11(16(20)19-10-14-5-4-6-25-14)26-15-8-12(17(21)23-2)7-13(9-15)18(22)24-3/h4-9,11H,10H2,1-3H3,(H,19,20)/t11-/m1/s1. The molecule has 1 heterocycles. The quantitative estimate of drug-likeness (QED) is 0.752. The van der Waals surface area contributed by atoms with Crippen LogP contribution in [0, 0.1) is 0 Å². The molecule has 2 aromatic rings. The Morgan fingerprint density at radius 3 is 2.19 bits per heavy atom. The molecule has 0 fully saturated rings. The first-order valence-corrected chi connectivity index (χ1v) is 7.73. The third kappa shape index (κ3) is 4.85. The number of benzene rings is 1. The lowest BCUT2D eigenvalue weighted by Crippen LogP contribution is -2.35. The van der Waals surface area contributed by atoms with Crippen LogP contribution in [0.15, 0.2) is 41.0 Å². The van der Waals surface area contributed by atoms with Crippen molar-refractivity contribution in [2.75, 3.05) is 14.2 Å². The molecule has 8 nitrogen and oxygen atoms in total. The van der Waals surface area contributed by atoms with Crippen molar-refractivity contribution in [1.29, 1.82) is 0 Å². The van der Waals surface area contributed by atoms with E-state index < -0.39 is 18.0 Å². The van der Waals surface area contributed by atoms with Crippen molar-refractivity contribution >= 4 is 17.8 Å². The molecule has 0 bridgehead atoms. The number of rotatable bonds is 7. The largest absolute Gasteiger partial charge is 0.481 e. The number of carbonyl (C=O) groups excluding carboxylic acids is 3. The van der Waals surface area contributed by atoms with E-state index in [0.717, 1.165) is 0 Å². The Balaban J connectivity index is 2.11. The second-order valence-electron chi connectivity index (χ2n) is 5.29. The predicted molar refractivity (Wildman–Crippen MR) is 89.8 cm³/mol. The third-order valence-electron chi connectivity index (χ3n) is 3.45. The van der Waals surface area contributed by atoms with E-state index in [1.165, 1.54) is 38.7 Å². The van der Waals surface area contributed by atoms with Gasteiger partial charge in [0.15, 0.2) is 6.10 Å². The van der Waals surface area contributed by atoms with Gasteiger partial charge in [0.1, 0.15) is 11.5 Å². The van der Waals surface area contributed by atoms with Gasteiger partial charge in [-0.25, -0.2) is 9.59 Å². The highest BCUT2D eigenvalue weighted by Gasteiger charge is 2.19. The summed E-state index contributed by atoms with van der Waals surface area (Å²) in [6, 6.07) is 7.54. The summed E-state index contributed by atoms with van der Waals surface area (Å²) in [4.78, 5) is 35.7. The first-order chi connectivity index (χ1) is 12.4. The zero-order valence-corrected chi connectivity index (χ0v) is 14.6. The van der Waals surface area contributed by atoms with E-state index in [0.29, 0.717) is 5.76 Å². The molecule has 138 valence electrons. The highest BCUT2D eigenvalue weighted by Crippen LogP contribution is 2.20. The summed E-state index contributed by atoms with van der Waals surface area (Å²) >= 11 is 0. The van der Waals surface area contributed by atoms with Crippen molar-refractivity contribution in [1.82, 2.24) is 5.32 Å². The number of amides is 1. The predicted octanol–water partition coefficient (Wildman–Crippen LogP) is 1.94. The van der Waals surface area contributed by atoms with E-state index in [1.807, 2.05) is 0 Å². The normalized spacial score (nSPS) is 11.3. The fourth-order valence-corrected chi connectivity index (χ4v) is 2.13. The van der Waals surface area contributed by atoms with Crippen LogP contribution in [0.2, 0.25) is 0 Å². The second kappa shape index (κ2) is 8.70. The van der Waals surface area contributed by atoms with Crippen molar-refractivity contribution in [2.45, 2.75) is 19.6 Å². The van der Waals surface area contributed by atoms with Gasteiger partial charge in [-0.2, -0.15) is 0 Å². The molecule has 0 radical (unpaired) electrons. The van der Waals surface area contributed by atoms with Crippen molar-refractivity contribution in [3.63, 3.8) is 0 Å². The Morgan fingerprint density at radius 2 is 1.69 bits per heavy atom. The summed E-state index contributed by atoms with van der Waals surface area (Å²) in [6.45, 7) is 1.76. The Bertz CT molecular complexity index is 749. The first kappa shape index (κ1) is 19.0. The zero-order chi connectivity index (χ0) is 19.1. The molecule has 1 aromatic carbocycles. The average Bonchev–Trinajstić information content (AvgIpc) is 3.17. The van der Waals surface area contributed by atoms with Crippen LogP contribution in [0.5, 0.6) is 5.75 Å². The summed E-state index contributed by atoms with van der Waals surface area (Å²) in [6.07, 6.45) is 0.636. The molecule has 1 amide bonds. The molecule has 8 heteroatoms. The molecule has 26 heavy (non-hydrogen) atoms. The summed E-state index contributed by atoms with van der Waals surface area (Å²) in [5.41, 5.74) is 0.210. The Kier molecular flexibility index (Phi) is 6.37. The number of hydrogen-bond donors (Lipinski definition) is 1. The number of furan rings is 1. The average molecular weight is 361 g/mol. The third-order valence-corrected chi connectivity index (χ3v) is 3.45. The van der Waals surface area contributed by atoms with Gasteiger partial charge < -0.3 is 23.9 Å². The Hall–Kier alpha value is -3.29. The molecule has 0 saturated carbocycles. The second-order valence-corrected chi connectivity index (χ2v) is 5.29. The van der Waals surface area contributed by atoms with Crippen LogP contribution in [0.4, 0.5) is 0 Å². The molecule has 0 aliphatic carbocycles. The van der Waals surface area contributed by atoms with Gasteiger partial charge in [-0.3, -0.25) is 4.79 Å². The number of methoxy groups -OCH3 is 2. The minimum absolute atomic E-state index is 0.105. The van der Waals surface area contributed by atoms with E-state index in [-0.39, 0.29) is 29.3 Å². The van der Waals surface area contributed by atoms with Crippen LogP contribution in [0.1, 0.15) is 33.4 Å². The molecule has 0 aliphatic heterocycles. The molecule has 0 unspecified atom stereocenters. The summed E-state index contributed by atoms with van der Waals surface area (Å²) in [5.74, 6) is -0.907. The van der Waals surface area contributed by atoms with Crippen LogP contribution >= 0.6 is 0 Å². The minimum atomic E-state index is -0.872. The van der Waals surface area contributed by atoms with Gasteiger partial charge in [-0.1, -0.05) is 0 Å². The van der Waals surface area contributed by atoms with Gasteiger partial charge in [-0.15, -0.1) is 0 Å². The molecule has 0 aliphatic rings. The summed E-state index contributed by atoms with van der Waals surface area (Å²) in [5, 5.41) is 2.66. The SMILES string of the molecule is COC(=O)c1cc(O[C@H](C)C(=O)NCc2ccco2)cc(C(=O)OC)c1. The fraction of sp³-hybridized carbons (Fsp3) is 0.278. The Labute approximate surface area is 150 Å². The molecule has 0 saturated heterocycles. The maximum atomic E-state index is 12.1. The van der Waals surface area contributed by atoms with Gasteiger partial charge in [-0.05, 0) is 37.3 Å². The molecule has 1 atom stereocenters. The lowest BCUT2D eigenvalue weighted by molar-refractivity contribution is -0.127. The van der Waals surface area contributed by atoms with Crippen molar-refractivity contribution in [3.8, 4) is 5.75 Å². The van der Waals surface area contributed by atoms with E-state index in [1.54, 1.807) is 19.1 Å². The van der Waals surface area contributed by atoms with Crippen LogP contribution in [0.3, 0.4) is 0 Å². The minimum Gasteiger partial charge on any atom is -0.481 e. The highest BCUT2D eigenvalue weighted by molar-refractivity contribution is 5.96. The lowest BCUT2D eigenvalue weighted by atomic mass is 10.1. The molecule has 1 N–H and O–H groups in total. The number of esters is 2. The summed E-state index contributed by atoms with van der Waals surface area (Å²) < 4.78 is 20.0. The van der Waals surface area contributed by atoms with Gasteiger partial charge in [0.25, 0.3) is 5.91 Å². The van der Waals surface area contributed by atoms with Crippen molar-refractivity contribution < 1.29 is 33.0 Å². The van der Waals surface area contributed by atoms with E-state index in [9.17, 15) is 14.4 Å². The van der Waals surface area contributed by atoms with E-state index in [4.69, 9.17) is 9.15 Å². The maximum Gasteiger partial charge on any atom is 0.338 e. The Morgan fingerprint density at radius 1 is 1.08 bits per heavy atom. The number of nitrogens with one attached hydrogen (secondary N) is 1. The van der Waals surface area contributed by atoms with Gasteiger partial charge in [0.2, 0.25) is 0 Å². The van der Waals surface area contributed by atoms with Gasteiger partial charge in [0, 0.05) is 0 Å². The van der Waals surface area contributed by atoms with Crippen LogP contribution in [0.25, 0.3) is 0 Å². The monoisotopic (exact) mass is 361 g/mol. The number of carbonyl (C=O) groups is 3. The van der Waals surface area contributed by atoms with Crippen molar-refractivity contribution in [3.05, 3.63) is 53.5 Å². The zero-order valence-electron chi connectivity index (χ0n) is 14.6. The molecular weight excluding hydrogens is 342 g/mol. The van der Waals surface area contributed by atoms with Gasteiger partial charge in [0.05, 0.1) is 38.2 Å². The smallest absolute Gasteiger partial charge is 0.338 e. The fourth-order valence-electron chi connectivity index (χ4n) is 2.13. The van der Waals surface area contributed by atoms with Gasteiger partial charge >= 0.3 is 11.9 Å². The molecular formula is C18H19NO7. The number of hydrogen-bond acceptors (Lipinski definition) is 7. The maximum absolute atomic E-state index is 12.1. The van der Waals surface area contributed by atoms with Crippen LogP contribution in [-0.2, 0) is 20.8 Å². The van der Waals surface area contributed by atoms with E-state index in [2.05, 4.69) is 14.8 Å². The molecule has 0 spiro atoms. The van der Waals surface area contributed by atoms with Crippen LogP contribution < -0.4 is 10.1 Å². The van der Waals surface area contributed by atoms with Crippen LogP contribution in [-0.4, -0.2) is 38.2 Å². The van der Waals surface area contributed by atoms with Crippen molar-refractivity contribution in [2.24, 2.45) is 0 Å². The van der Waals surface area contributed by atoms with E-state index >= 15 is 0 Å². The molecule has 2 rings (SSSR count). The molecule has 1 aromatic heterocycles. The summed E-state index contributed by atoms with van der Waals surface area (Å²) in [7, 11) is 2.44. The topological polar surface area (TPSA) is 104 Å². The first-order valence-electron chi connectivity index (χ1n) is 7.73. The highest BCUT2D eigenvalue weighted by atomic mass is 16.5. The number of ether oxygens (including phenoxy) is 3.